The van der Waals surface area contributed by atoms with Gasteiger partial charge < -0.3 is 0 Å². The Balaban J connectivity index is 4.15. The van der Waals surface area contributed by atoms with Gasteiger partial charge in [-0.2, -0.15) is 10.5 Å². The topological polar surface area (TPSA) is 47.6 Å². The molecule has 0 atom stereocenters. The van der Waals surface area contributed by atoms with E-state index in [-0.39, 0.29) is 5.57 Å². The Morgan fingerprint density at radius 1 is 1.09 bits per heavy atom. The van der Waals surface area contributed by atoms with Gasteiger partial charge in [-0.25, -0.2) is 0 Å². The third kappa shape index (κ3) is 4.69. The lowest BCUT2D eigenvalue weighted by Gasteiger charge is -1.74. The molecule has 0 aliphatic rings. The van der Waals surface area contributed by atoms with Crippen molar-refractivity contribution in [3.63, 3.8) is 0 Å². The third-order valence-electron chi connectivity index (χ3n) is 0.918. The van der Waals surface area contributed by atoms with Crippen molar-refractivity contribution in [3.05, 3.63) is 36.0 Å². The smallest absolute Gasteiger partial charge is 0.129 e. The second-order valence-corrected chi connectivity index (χ2v) is 1.71. The van der Waals surface area contributed by atoms with Crippen LogP contribution in [0.2, 0.25) is 0 Å². The maximum Gasteiger partial charge on any atom is 0.129 e. The van der Waals surface area contributed by atoms with Crippen LogP contribution in [0, 0.1) is 22.7 Å². The quantitative estimate of drug-likeness (QED) is 0.440. The minimum atomic E-state index is 0.116. The molecule has 0 aromatic rings. The van der Waals surface area contributed by atoms with Crippen LogP contribution in [-0.2, 0) is 0 Å². The van der Waals surface area contributed by atoms with E-state index < -0.39 is 0 Å². The van der Waals surface area contributed by atoms with Gasteiger partial charge in [0, 0.05) is 0 Å². The van der Waals surface area contributed by atoms with Crippen molar-refractivity contribution >= 4 is 0 Å². The summed E-state index contributed by atoms with van der Waals surface area (Å²) in [4.78, 5) is 0. The van der Waals surface area contributed by atoms with E-state index in [4.69, 9.17) is 10.5 Å². The highest BCUT2D eigenvalue weighted by Crippen LogP contribution is 1.89. The molecule has 54 valence electrons. The summed E-state index contributed by atoms with van der Waals surface area (Å²) in [6.07, 6.45) is 8.57. The van der Waals surface area contributed by atoms with Gasteiger partial charge in [-0.1, -0.05) is 24.3 Å². The van der Waals surface area contributed by atoms with Crippen molar-refractivity contribution in [2.24, 2.45) is 0 Å². The SMILES string of the molecule is CC=CC=CC=C(C#N)C#N. The number of allylic oxidation sites excluding steroid dienone is 6. The van der Waals surface area contributed by atoms with Crippen molar-refractivity contribution in [1.29, 1.82) is 10.5 Å². The van der Waals surface area contributed by atoms with E-state index in [0.29, 0.717) is 0 Å². The summed E-state index contributed by atoms with van der Waals surface area (Å²) in [7, 11) is 0. The summed E-state index contributed by atoms with van der Waals surface area (Å²) in [6, 6.07) is 3.51. The van der Waals surface area contributed by atoms with Crippen molar-refractivity contribution in [2.45, 2.75) is 6.92 Å². The average molecular weight is 144 g/mol. The number of nitrogens with zero attached hydrogens (tertiary/aromatic N) is 2. The highest BCUT2D eigenvalue weighted by Gasteiger charge is 1.84. The summed E-state index contributed by atoms with van der Waals surface area (Å²) < 4.78 is 0. The molecule has 0 bridgehead atoms. The van der Waals surface area contributed by atoms with E-state index in [1.54, 1.807) is 24.3 Å². The van der Waals surface area contributed by atoms with Crippen LogP contribution in [0.25, 0.3) is 0 Å². The van der Waals surface area contributed by atoms with Crippen LogP contribution in [0.3, 0.4) is 0 Å². The Hall–Kier alpha value is -1.80. The molecular weight excluding hydrogens is 136 g/mol. The molecule has 0 saturated carbocycles. The second kappa shape index (κ2) is 6.32. The van der Waals surface area contributed by atoms with Crippen molar-refractivity contribution in [3.8, 4) is 12.1 Å². The van der Waals surface area contributed by atoms with Crippen molar-refractivity contribution in [2.75, 3.05) is 0 Å². The molecule has 0 radical (unpaired) electrons. The van der Waals surface area contributed by atoms with Crippen molar-refractivity contribution in [1.82, 2.24) is 0 Å². The first kappa shape index (κ1) is 9.20. The maximum absolute atomic E-state index is 8.29. The molecule has 0 aromatic carbocycles. The van der Waals surface area contributed by atoms with Crippen LogP contribution in [0.1, 0.15) is 6.92 Å². The van der Waals surface area contributed by atoms with Gasteiger partial charge in [0.25, 0.3) is 0 Å². The maximum atomic E-state index is 8.29. The standard InChI is InChI=1S/C9H8N2/c1-2-3-4-5-6-9(7-10)8-11/h2-6H,1H3. The van der Waals surface area contributed by atoms with E-state index in [1.165, 1.54) is 6.08 Å². The lowest BCUT2D eigenvalue weighted by atomic mass is 10.3. The zero-order valence-corrected chi connectivity index (χ0v) is 6.28. The molecule has 0 heterocycles. The van der Waals surface area contributed by atoms with E-state index in [0.717, 1.165) is 0 Å². The Kier molecular flexibility index (Phi) is 5.29. The highest BCUT2D eigenvalue weighted by molar-refractivity contribution is 5.38. The van der Waals surface area contributed by atoms with Gasteiger partial charge in [0.2, 0.25) is 0 Å². The minimum Gasteiger partial charge on any atom is -0.192 e. The first-order valence-electron chi connectivity index (χ1n) is 3.15. The molecule has 0 fully saturated rings. The van der Waals surface area contributed by atoms with Crippen LogP contribution >= 0.6 is 0 Å². The van der Waals surface area contributed by atoms with E-state index >= 15 is 0 Å². The summed E-state index contributed by atoms with van der Waals surface area (Å²) in [5, 5.41) is 16.6. The zero-order chi connectivity index (χ0) is 8.53. The van der Waals surface area contributed by atoms with Gasteiger partial charge in [-0.05, 0) is 13.0 Å². The fraction of sp³-hybridized carbons (Fsp3) is 0.111. The largest absolute Gasteiger partial charge is 0.192 e. The average Bonchev–Trinajstić information content (AvgIpc) is 2.05. The van der Waals surface area contributed by atoms with Gasteiger partial charge in [-0.3, -0.25) is 0 Å². The molecule has 0 aliphatic carbocycles. The molecule has 0 aromatic heterocycles. The second-order valence-electron chi connectivity index (χ2n) is 1.71. The molecule has 0 N–H and O–H groups in total. The normalized spacial score (nSPS) is 9.36. The van der Waals surface area contributed by atoms with Crippen LogP contribution in [0.5, 0.6) is 0 Å². The van der Waals surface area contributed by atoms with Crippen LogP contribution < -0.4 is 0 Å². The van der Waals surface area contributed by atoms with Gasteiger partial charge in [-0.15, -0.1) is 0 Å². The lowest BCUT2D eigenvalue weighted by molar-refractivity contribution is 1.46. The Labute approximate surface area is 66.4 Å². The van der Waals surface area contributed by atoms with Gasteiger partial charge in [0.05, 0.1) is 0 Å². The molecule has 0 spiro atoms. The highest BCUT2D eigenvalue weighted by atomic mass is 14.3. The van der Waals surface area contributed by atoms with Gasteiger partial charge in [0.1, 0.15) is 17.7 Å². The van der Waals surface area contributed by atoms with Gasteiger partial charge in [0.15, 0.2) is 0 Å². The monoisotopic (exact) mass is 144 g/mol. The van der Waals surface area contributed by atoms with E-state index in [1.807, 2.05) is 19.1 Å². The zero-order valence-electron chi connectivity index (χ0n) is 6.28. The van der Waals surface area contributed by atoms with Crippen LogP contribution in [-0.4, -0.2) is 0 Å². The molecule has 11 heavy (non-hydrogen) atoms. The molecule has 2 nitrogen and oxygen atoms in total. The summed E-state index contributed by atoms with van der Waals surface area (Å²) in [6.45, 7) is 1.89. The van der Waals surface area contributed by atoms with E-state index in [2.05, 4.69) is 0 Å². The molecule has 0 aliphatic heterocycles. The predicted octanol–water partition coefficient (Wildman–Crippen LogP) is 2.09. The molecule has 0 saturated heterocycles. The summed E-state index contributed by atoms with van der Waals surface area (Å²) >= 11 is 0. The Bertz CT molecular complexity index is 253. The fourth-order valence-corrected chi connectivity index (χ4v) is 0.427. The third-order valence-corrected chi connectivity index (χ3v) is 0.918. The number of rotatable bonds is 2. The Morgan fingerprint density at radius 3 is 2.18 bits per heavy atom. The first-order valence-corrected chi connectivity index (χ1v) is 3.15. The number of nitriles is 2. The number of hydrogen-bond donors (Lipinski definition) is 0. The first-order chi connectivity index (χ1) is 5.35. The van der Waals surface area contributed by atoms with Gasteiger partial charge >= 0.3 is 0 Å². The Morgan fingerprint density at radius 2 is 1.73 bits per heavy atom. The number of hydrogen-bond acceptors (Lipinski definition) is 2. The van der Waals surface area contributed by atoms with E-state index in [9.17, 15) is 0 Å². The lowest BCUT2D eigenvalue weighted by Crippen LogP contribution is -1.66. The molecule has 0 amide bonds. The summed E-state index contributed by atoms with van der Waals surface area (Å²) in [5.41, 5.74) is 0.116. The summed E-state index contributed by atoms with van der Waals surface area (Å²) in [5.74, 6) is 0. The molecule has 0 rings (SSSR count). The molecule has 0 unspecified atom stereocenters. The van der Waals surface area contributed by atoms with Crippen LogP contribution in [0.15, 0.2) is 36.0 Å². The predicted molar refractivity (Wildman–Crippen MR) is 43.3 cm³/mol. The van der Waals surface area contributed by atoms with Crippen LogP contribution in [0.4, 0.5) is 0 Å². The fourth-order valence-electron chi connectivity index (χ4n) is 0.427. The molecule has 2 heteroatoms. The molecular formula is C9H8N2. The van der Waals surface area contributed by atoms with Crippen molar-refractivity contribution < 1.29 is 0 Å². The minimum absolute atomic E-state index is 0.116.